The Morgan fingerprint density at radius 3 is 2.95 bits per heavy atom. The summed E-state index contributed by atoms with van der Waals surface area (Å²) in [6.07, 6.45) is 0. The van der Waals surface area contributed by atoms with E-state index in [0.717, 1.165) is 0 Å². The molecule has 0 aliphatic heterocycles. The van der Waals surface area contributed by atoms with Crippen molar-refractivity contribution in [1.29, 1.82) is 0 Å². The van der Waals surface area contributed by atoms with Gasteiger partial charge in [0.1, 0.15) is 17.1 Å². The summed E-state index contributed by atoms with van der Waals surface area (Å²) in [5.74, 6) is 0.676. The summed E-state index contributed by atoms with van der Waals surface area (Å²) in [6, 6.07) is 5.19. The molecule has 4 rings (SSSR count). The SMILES string of the molecule is COc1ccc2c(c1)-c1nn3nnnc3nc1C2=O. The first-order valence-corrected chi connectivity index (χ1v) is 5.47. The van der Waals surface area contributed by atoms with Gasteiger partial charge in [0.15, 0.2) is 0 Å². The van der Waals surface area contributed by atoms with E-state index < -0.39 is 0 Å². The van der Waals surface area contributed by atoms with Crippen molar-refractivity contribution in [3.05, 3.63) is 29.5 Å². The zero-order valence-corrected chi connectivity index (χ0v) is 9.73. The Morgan fingerprint density at radius 1 is 1.21 bits per heavy atom. The summed E-state index contributed by atoms with van der Waals surface area (Å²) < 4.78 is 6.35. The molecule has 0 spiro atoms. The summed E-state index contributed by atoms with van der Waals surface area (Å²) in [4.78, 5) is 16.4. The number of benzene rings is 1. The molecule has 0 saturated carbocycles. The first-order valence-electron chi connectivity index (χ1n) is 5.47. The number of hydrogen-bond donors (Lipinski definition) is 0. The molecular formula is C11H6N6O2. The van der Waals surface area contributed by atoms with Gasteiger partial charge in [-0.3, -0.25) is 4.79 Å². The molecule has 1 aliphatic rings. The maximum Gasteiger partial charge on any atom is 0.292 e. The minimum absolute atomic E-state index is 0.175. The van der Waals surface area contributed by atoms with Gasteiger partial charge < -0.3 is 4.74 Å². The van der Waals surface area contributed by atoms with Crippen LogP contribution in [-0.2, 0) is 0 Å². The van der Waals surface area contributed by atoms with Gasteiger partial charge in [-0.15, -0.1) is 5.10 Å². The number of tetrazole rings is 1. The van der Waals surface area contributed by atoms with E-state index in [0.29, 0.717) is 22.6 Å². The number of rotatable bonds is 1. The van der Waals surface area contributed by atoms with Crippen molar-refractivity contribution < 1.29 is 9.53 Å². The fourth-order valence-electron chi connectivity index (χ4n) is 2.12. The summed E-state index contributed by atoms with van der Waals surface area (Å²) in [6.45, 7) is 0. The van der Waals surface area contributed by atoms with Crippen LogP contribution in [0.5, 0.6) is 5.75 Å². The minimum Gasteiger partial charge on any atom is -0.497 e. The highest BCUT2D eigenvalue weighted by Crippen LogP contribution is 2.35. The van der Waals surface area contributed by atoms with Crippen molar-refractivity contribution in [1.82, 2.24) is 30.2 Å². The van der Waals surface area contributed by atoms with E-state index in [4.69, 9.17) is 4.74 Å². The van der Waals surface area contributed by atoms with Crippen LogP contribution in [0.15, 0.2) is 18.2 Å². The van der Waals surface area contributed by atoms with E-state index in [2.05, 4.69) is 25.6 Å². The highest BCUT2D eigenvalue weighted by molar-refractivity contribution is 6.20. The average molecular weight is 254 g/mol. The molecule has 0 N–H and O–H groups in total. The molecule has 8 nitrogen and oxygen atoms in total. The third-order valence-electron chi connectivity index (χ3n) is 3.01. The van der Waals surface area contributed by atoms with E-state index in [1.165, 1.54) is 4.63 Å². The maximum absolute atomic E-state index is 12.2. The first-order chi connectivity index (χ1) is 9.28. The number of methoxy groups -OCH3 is 1. The van der Waals surface area contributed by atoms with Gasteiger partial charge in [0, 0.05) is 11.1 Å². The van der Waals surface area contributed by atoms with E-state index in [-0.39, 0.29) is 17.3 Å². The van der Waals surface area contributed by atoms with Gasteiger partial charge in [0.25, 0.3) is 5.78 Å². The molecule has 2 aromatic heterocycles. The van der Waals surface area contributed by atoms with Crippen LogP contribution in [0.2, 0.25) is 0 Å². The second-order valence-electron chi connectivity index (χ2n) is 4.02. The molecule has 3 aromatic rings. The number of fused-ring (bicyclic) bond motifs is 4. The van der Waals surface area contributed by atoms with Crippen LogP contribution in [0.4, 0.5) is 0 Å². The van der Waals surface area contributed by atoms with Crippen LogP contribution in [0.25, 0.3) is 17.0 Å². The van der Waals surface area contributed by atoms with Crippen LogP contribution in [0.1, 0.15) is 16.1 Å². The van der Waals surface area contributed by atoms with Crippen molar-refractivity contribution in [2.24, 2.45) is 0 Å². The lowest BCUT2D eigenvalue weighted by Crippen LogP contribution is -2.04. The molecule has 1 aliphatic carbocycles. The highest BCUT2D eigenvalue weighted by Gasteiger charge is 2.31. The molecule has 8 heteroatoms. The monoisotopic (exact) mass is 254 g/mol. The molecule has 19 heavy (non-hydrogen) atoms. The van der Waals surface area contributed by atoms with Crippen LogP contribution in [0.3, 0.4) is 0 Å². The predicted octanol–water partition coefficient (Wildman–Crippen LogP) is 0.134. The van der Waals surface area contributed by atoms with Gasteiger partial charge in [0.05, 0.1) is 7.11 Å². The second kappa shape index (κ2) is 3.31. The maximum atomic E-state index is 12.2. The lowest BCUT2D eigenvalue weighted by atomic mass is 10.1. The third-order valence-corrected chi connectivity index (χ3v) is 3.01. The number of ketones is 1. The normalized spacial score (nSPS) is 12.6. The summed E-state index contributed by atoms with van der Waals surface area (Å²) in [5, 5.41) is 15.0. The van der Waals surface area contributed by atoms with Gasteiger partial charge in [-0.1, -0.05) is 9.73 Å². The molecule has 92 valence electrons. The van der Waals surface area contributed by atoms with Crippen molar-refractivity contribution in [3.63, 3.8) is 0 Å². The van der Waals surface area contributed by atoms with Crippen LogP contribution in [-0.4, -0.2) is 43.1 Å². The molecule has 2 heterocycles. The summed E-state index contributed by atoms with van der Waals surface area (Å²) >= 11 is 0. The van der Waals surface area contributed by atoms with Gasteiger partial charge >= 0.3 is 0 Å². The molecular weight excluding hydrogens is 248 g/mol. The van der Waals surface area contributed by atoms with Gasteiger partial charge in [-0.2, -0.15) is 0 Å². The summed E-state index contributed by atoms with van der Waals surface area (Å²) in [5.41, 5.74) is 1.98. The average Bonchev–Trinajstić information content (AvgIpc) is 3.00. The van der Waals surface area contributed by atoms with Crippen molar-refractivity contribution in [3.8, 4) is 17.0 Å². The fourth-order valence-corrected chi connectivity index (χ4v) is 2.12. The van der Waals surface area contributed by atoms with Crippen LogP contribution >= 0.6 is 0 Å². The number of carbonyl (C=O) groups excluding carboxylic acids is 1. The number of hydrogen-bond acceptors (Lipinski definition) is 7. The molecule has 0 bridgehead atoms. The molecule has 0 saturated heterocycles. The molecule has 0 fully saturated rings. The van der Waals surface area contributed by atoms with Gasteiger partial charge in [-0.05, 0) is 28.6 Å². The molecule has 0 unspecified atom stereocenters. The third kappa shape index (κ3) is 1.22. The number of carbonyl (C=O) groups is 1. The fraction of sp³-hybridized carbons (Fsp3) is 0.0909. The Bertz CT molecular complexity index is 840. The zero-order chi connectivity index (χ0) is 13.0. The summed E-state index contributed by atoms with van der Waals surface area (Å²) in [7, 11) is 1.57. The van der Waals surface area contributed by atoms with E-state index in [1.54, 1.807) is 25.3 Å². The van der Waals surface area contributed by atoms with E-state index in [9.17, 15) is 4.79 Å². The van der Waals surface area contributed by atoms with E-state index >= 15 is 0 Å². The first kappa shape index (κ1) is 10.1. The smallest absolute Gasteiger partial charge is 0.292 e. The largest absolute Gasteiger partial charge is 0.497 e. The Kier molecular flexibility index (Phi) is 1.75. The second-order valence-corrected chi connectivity index (χ2v) is 4.02. The lowest BCUT2D eigenvalue weighted by molar-refractivity contribution is 0.103. The predicted molar refractivity (Wildman–Crippen MR) is 61.8 cm³/mol. The quantitative estimate of drug-likeness (QED) is 0.476. The molecule has 0 atom stereocenters. The molecule has 0 amide bonds. The van der Waals surface area contributed by atoms with Gasteiger partial charge in [-0.25, -0.2) is 4.98 Å². The standard InChI is InChI=1S/C11H6N6O2/c1-19-5-2-3-6-7(4-5)8-9(10(6)18)12-11-13-15-16-17(11)14-8/h2-4H,1H3. The number of nitrogens with zero attached hydrogens (tertiary/aromatic N) is 6. The van der Waals surface area contributed by atoms with Crippen molar-refractivity contribution in [2.75, 3.05) is 7.11 Å². The number of aromatic nitrogens is 6. The zero-order valence-electron chi connectivity index (χ0n) is 9.73. The Balaban J connectivity index is 2.07. The molecule has 0 radical (unpaired) electrons. The highest BCUT2D eigenvalue weighted by atomic mass is 16.5. The Hall–Kier alpha value is -2.90. The van der Waals surface area contributed by atoms with Crippen LogP contribution in [0, 0.1) is 0 Å². The van der Waals surface area contributed by atoms with Crippen molar-refractivity contribution >= 4 is 11.6 Å². The van der Waals surface area contributed by atoms with Crippen LogP contribution < -0.4 is 4.74 Å². The number of ether oxygens (including phenoxy) is 1. The topological polar surface area (TPSA) is 95.2 Å². The Morgan fingerprint density at radius 2 is 2.11 bits per heavy atom. The minimum atomic E-state index is -0.175. The van der Waals surface area contributed by atoms with E-state index in [1.807, 2.05) is 0 Å². The Labute approximate surface area is 106 Å². The van der Waals surface area contributed by atoms with Crippen molar-refractivity contribution in [2.45, 2.75) is 0 Å². The molecule has 1 aromatic carbocycles. The lowest BCUT2D eigenvalue weighted by Gasteiger charge is -2.02. The van der Waals surface area contributed by atoms with Gasteiger partial charge in [0.2, 0.25) is 5.78 Å².